The number of aromatic nitrogens is 6. The summed E-state index contributed by atoms with van der Waals surface area (Å²) in [5.41, 5.74) is 14.1. The van der Waals surface area contributed by atoms with Crippen molar-refractivity contribution in [3.05, 3.63) is 193 Å². The van der Waals surface area contributed by atoms with Crippen LogP contribution in [0.1, 0.15) is 36.4 Å². The molecule has 12 rings (SSSR count). The van der Waals surface area contributed by atoms with Crippen LogP contribution in [-0.2, 0) is 0 Å². The fraction of sp³-hybridized carbons (Fsp3) is 0.0345. The standard InChI is InChI=1S/C58H40N6S2/c1-5-19-45-39(7-3)41-25-15-17-27-47(41)63(45)57-59-51(35-21-11-9-12-22-35)55-53(61-57)43-33-37(29-31-49(43)65-55)38-30-32-50-44(34-38)54-56(66-50)52(36-23-13-10-14-24-36)60-58(62-54)64-46(20-6-2)40(8-4)42-26-16-18-28-48(42)64/h5-34H,3-4H2,1-2H3/b19-5-,20-6-. The van der Waals surface area contributed by atoms with Crippen molar-refractivity contribution < 1.29 is 0 Å². The van der Waals surface area contributed by atoms with Crippen LogP contribution in [0.25, 0.3) is 132 Å². The van der Waals surface area contributed by atoms with E-state index in [1.807, 2.05) is 38.1 Å². The number of rotatable bonds is 9. The zero-order valence-corrected chi connectivity index (χ0v) is 37.9. The molecule has 0 N–H and O–H groups in total. The van der Waals surface area contributed by atoms with Crippen molar-refractivity contribution in [3.8, 4) is 45.5 Å². The second-order valence-electron chi connectivity index (χ2n) is 16.2. The molecule has 0 saturated carbocycles. The van der Waals surface area contributed by atoms with Crippen LogP contribution in [0.5, 0.6) is 0 Å². The molecule has 6 heterocycles. The quantitative estimate of drug-likeness (QED) is 0.145. The van der Waals surface area contributed by atoms with Gasteiger partial charge in [-0.1, -0.05) is 147 Å². The number of para-hydroxylation sites is 2. The van der Waals surface area contributed by atoms with Crippen molar-refractivity contribution in [2.24, 2.45) is 0 Å². The number of fused-ring (bicyclic) bond motifs is 8. The highest BCUT2D eigenvalue weighted by Crippen LogP contribution is 2.44. The first-order valence-corrected chi connectivity index (χ1v) is 23.6. The molecule has 6 nitrogen and oxygen atoms in total. The summed E-state index contributed by atoms with van der Waals surface area (Å²) >= 11 is 3.48. The average Bonchev–Trinajstić information content (AvgIpc) is 4.11. The maximum Gasteiger partial charge on any atom is 0.235 e. The number of hydrogen-bond acceptors (Lipinski definition) is 6. The van der Waals surface area contributed by atoms with Crippen molar-refractivity contribution >= 4 is 109 Å². The van der Waals surface area contributed by atoms with Gasteiger partial charge in [-0.15, -0.1) is 22.7 Å². The highest BCUT2D eigenvalue weighted by Gasteiger charge is 2.24. The molecule has 0 unspecified atom stereocenters. The van der Waals surface area contributed by atoms with Crippen molar-refractivity contribution in [3.63, 3.8) is 0 Å². The second-order valence-corrected chi connectivity index (χ2v) is 18.3. The maximum absolute atomic E-state index is 5.47. The van der Waals surface area contributed by atoms with E-state index < -0.39 is 0 Å². The molecule has 6 aromatic heterocycles. The third kappa shape index (κ3) is 6.14. The molecule has 0 aliphatic carbocycles. The van der Waals surface area contributed by atoms with Gasteiger partial charge in [0.05, 0.1) is 54.2 Å². The fourth-order valence-electron chi connectivity index (χ4n) is 9.48. The Bertz CT molecular complexity index is 3730. The lowest BCUT2D eigenvalue weighted by molar-refractivity contribution is 0.974. The Balaban J connectivity index is 1.09. The minimum absolute atomic E-state index is 0.619. The van der Waals surface area contributed by atoms with Crippen molar-refractivity contribution in [2.75, 3.05) is 0 Å². The smallest absolute Gasteiger partial charge is 0.235 e. The van der Waals surface area contributed by atoms with Gasteiger partial charge >= 0.3 is 0 Å². The van der Waals surface area contributed by atoms with Gasteiger partial charge in [-0.3, -0.25) is 9.13 Å². The van der Waals surface area contributed by atoms with Crippen LogP contribution < -0.4 is 0 Å². The molecule has 0 radical (unpaired) electrons. The lowest BCUT2D eigenvalue weighted by atomic mass is 10.0. The van der Waals surface area contributed by atoms with Gasteiger partial charge < -0.3 is 0 Å². The van der Waals surface area contributed by atoms with E-state index in [-0.39, 0.29) is 0 Å². The van der Waals surface area contributed by atoms with E-state index in [0.717, 1.165) is 119 Å². The Morgan fingerprint density at radius 2 is 0.848 bits per heavy atom. The highest BCUT2D eigenvalue weighted by atomic mass is 32.1. The SMILES string of the molecule is C=Cc1c(/C=C\C)n(-c2nc(-c3ccccc3)c3sc4ccc(-c5ccc6sc7c(-c8ccccc8)nc(-n8c(/C=C\C)c(C=C)c9ccccc98)nc7c6c5)cc4c3n2)c2ccccc12. The molecule has 6 aromatic carbocycles. The molecule has 0 aliphatic rings. The lowest BCUT2D eigenvalue weighted by Crippen LogP contribution is -2.04. The molecule has 314 valence electrons. The number of nitrogens with zero attached hydrogens (tertiary/aromatic N) is 6. The highest BCUT2D eigenvalue weighted by molar-refractivity contribution is 7.26. The van der Waals surface area contributed by atoms with Crippen LogP contribution >= 0.6 is 22.7 Å². The zero-order valence-electron chi connectivity index (χ0n) is 36.2. The Morgan fingerprint density at radius 1 is 0.439 bits per heavy atom. The number of hydrogen-bond donors (Lipinski definition) is 0. The Hall–Kier alpha value is -8.04. The minimum Gasteiger partial charge on any atom is -0.278 e. The Kier molecular flexibility index (Phi) is 9.52. The van der Waals surface area contributed by atoms with E-state index in [1.165, 1.54) is 0 Å². The molecular formula is C58H40N6S2. The molecular weight excluding hydrogens is 845 g/mol. The van der Waals surface area contributed by atoms with Gasteiger partial charge in [0, 0.05) is 53.2 Å². The van der Waals surface area contributed by atoms with Crippen molar-refractivity contribution in [2.45, 2.75) is 13.8 Å². The molecule has 0 amide bonds. The van der Waals surface area contributed by atoms with Gasteiger partial charge in [-0.2, -0.15) is 0 Å². The van der Waals surface area contributed by atoms with Gasteiger partial charge in [0.15, 0.2) is 0 Å². The lowest BCUT2D eigenvalue weighted by Gasteiger charge is -2.11. The van der Waals surface area contributed by atoms with Crippen molar-refractivity contribution in [1.82, 2.24) is 29.1 Å². The number of allylic oxidation sites excluding steroid dienone is 2. The van der Waals surface area contributed by atoms with E-state index in [2.05, 4.69) is 180 Å². The summed E-state index contributed by atoms with van der Waals surface area (Å²) < 4.78 is 8.76. The summed E-state index contributed by atoms with van der Waals surface area (Å²) in [7, 11) is 0. The molecule has 8 heteroatoms. The zero-order chi connectivity index (χ0) is 44.5. The van der Waals surface area contributed by atoms with E-state index in [1.54, 1.807) is 22.7 Å². The van der Waals surface area contributed by atoms with Gasteiger partial charge in [0.2, 0.25) is 11.9 Å². The first kappa shape index (κ1) is 39.5. The fourth-order valence-corrected chi connectivity index (χ4v) is 11.7. The molecule has 12 aromatic rings. The predicted octanol–water partition coefficient (Wildman–Crippen LogP) is 16.2. The third-order valence-electron chi connectivity index (χ3n) is 12.4. The first-order chi connectivity index (χ1) is 32.6. The largest absolute Gasteiger partial charge is 0.278 e. The molecule has 0 saturated heterocycles. The monoisotopic (exact) mass is 884 g/mol. The Morgan fingerprint density at radius 3 is 1.26 bits per heavy atom. The molecule has 0 fully saturated rings. The molecule has 66 heavy (non-hydrogen) atoms. The number of benzene rings is 6. The molecule has 0 spiro atoms. The minimum atomic E-state index is 0.619. The summed E-state index contributed by atoms with van der Waals surface area (Å²) in [5.74, 6) is 1.24. The summed E-state index contributed by atoms with van der Waals surface area (Å²) in [6, 6.07) is 51.3. The van der Waals surface area contributed by atoms with E-state index in [4.69, 9.17) is 19.9 Å². The van der Waals surface area contributed by atoms with Gasteiger partial charge in [-0.05, 0) is 73.5 Å². The van der Waals surface area contributed by atoms with Crippen LogP contribution in [0.4, 0.5) is 0 Å². The summed E-state index contributed by atoms with van der Waals surface area (Å²) in [6.45, 7) is 12.5. The molecule has 0 atom stereocenters. The van der Waals surface area contributed by atoms with Gasteiger partial charge in [0.1, 0.15) is 0 Å². The summed E-state index contributed by atoms with van der Waals surface area (Å²) in [6.07, 6.45) is 12.2. The van der Waals surface area contributed by atoms with Crippen LogP contribution in [0.15, 0.2) is 171 Å². The topological polar surface area (TPSA) is 61.4 Å². The van der Waals surface area contributed by atoms with E-state index in [0.29, 0.717) is 11.9 Å². The summed E-state index contributed by atoms with van der Waals surface area (Å²) in [5, 5.41) is 4.38. The van der Waals surface area contributed by atoms with E-state index in [9.17, 15) is 0 Å². The normalized spacial score (nSPS) is 12.1. The molecule has 0 bridgehead atoms. The first-order valence-electron chi connectivity index (χ1n) is 21.9. The van der Waals surface area contributed by atoms with Gasteiger partial charge in [-0.25, -0.2) is 19.9 Å². The van der Waals surface area contributed by atoms with Crippen LogP contribution in [0, 0.1) is 0 Å². The molecule has 0 aliphatic heterocycles. The van der Waals surface area contributed by atoms with Crippen LogP contribution in [-0.4, -0.2) is 29.1 Å². The predicted molar refractivity (Wildman–Crippen MR) is 283 cm³/mol. The van der Waals surface area contributed by atoms with E-state index >= 15 is 0 Å². The third-order valence-corrected chi connectivity index (χ3v) is 14.7. The maximum atomic E-state index is 5.47. The Labute approximate surface area is 389 Å². The van der Waals surface area contributed by atoms with Crippen LogP contribution in [0.3, 0.4) is 0 Å². The average molecular weight is 885 g/mol. The second kappa shape index (κ2) is 15.9. The number of thiophene rings is 2. The summed E-state index contributed by atoms with van der Waals surface area (Å²) in [4.78, 5) is 21.7. The van der Waals surface area contributed by atoms with Crippen LogP contribution in [0.2, 0.25) is 0 Å². The van der Waals surface area contributed by atoms with Crippen molar-refractivity contribution in [1.29, 1.82) is 0 Å². The van der Waals surface area contributed by atoms with Gasteiger partial charge in [0.25, 0.3) is 0 Å².